The zero-order chi connectivity index (χ0) is 20.7. The lowest BCUT2D eigenvalue weighted by Gasteiger charge is -2.28. The minimum Gasteiger partial charge on any atom is -0.497 e. The molecule has 0 bridgehead atoms. The van der Waals surface area contributed by atoms with E-state index in [1.165, 1.54) is 31.4 Å². The molecule has 0 heterocycles. The van der Waals surface area contributed by atoms with Gasteiger partial charge in [-0.05, 0) is 42.0 Å². The summed E-state index contributed by atoms with van der Waals surface area (Å²) in [5.41, 5.74) is 0.540. The standard InChI is InChI=1S/C19H20N2O6S/c1-4-13-27-18-9-11-19(12-10-18)28(24,25)20(21(23)15(2)22)14-16-5-7-17(26-3)8-6-16/h1,5-12,23H,13-14H2,2-3H3. The van der Waals surface area contributed by atoms with Crippen LogP contribution in [0.2, 0.25) is 0 Å². The number of sulfonamides is 1. The van der Waals surface area contributed by atoms with Crippen molar-refractivity contribution in [2.24, 2.45) is 0 Å². The Kier molecular flexibility index (Phi) is 7.00. The Labute approximate surface area is 163 Å². The quantitative estimate of drug-likeness (QED) is 0.411. The lowest BCUT2D eigenvalue weighted by Crippen LogP contribution is -2.46. The van der Waals surface area contributed by atoms with E-state index in [2.05, 4.69) is 5.92 Å². The van der Waals surface area contributed by atoms with E-state index in [0.29, 0.717) is 21.5 Å². The molecule has 148 valence electrons. The van der Waals surface area contributed by atoms with Crippen LogP contribution in [-0.2, 0) is 21.4 Å². The monoisotopic (exact) mass is 404 g/mol. The average molecular weight is 404 g/mol. The van der Waals surface area contributed by atoms with Gasteiger partial charge in [-0.3, -0.25) is 10.0 Å². The summed E-state index contributed by atoms with van der Waals surface area (Å²) in [6, 6.07) is 12.0. The van der Waals surface area contributed by atoms with Crippen LogP contribution in [-0.4, -0.2) is 42.8 Å². The molecule has 2 rings (SSSR count). The van der Waals surface area contributed by atoms with Gasteiger partial charge in [0.25, 0.3) is 15.9 Å². The van der Waals surface area contributed by atoms with Gasteiger partial charge in [-0.25, -0.2) is 8.42 Å². The Morgan fingerprint density at radius 2 is 1.68 bits per heavy atom. The van der Waals surface area contributed by atoms with Gasteiger partial charge in [0.05, 0.1) is 18.6 Å². The first-order chi connectivity index (χ1) is 13.3. The van der Waals surface area contributed by atoms with Crippen molar-refractivity contribution in [2.45, 2.75) is 18.4 Å². The number of amides is 1. The fourth-order valence-corrected chi connectivity index (χ4v) is 3.61. The van der Waals surface area contributed by atoms with Crippen LogP contribution in [0.1, 0.15) is 12.5 Å². The van der Waals surface area contributed by atoms with Gasteiger partial charge in [-0.15, -0.1) is 11.6 Å². The van der Waals surface area contributed by atoms with E-state index >= 15 is 0 Å². The first-order valence-electron chi connectivity index (χ1n) is 8.11. The normalized spacial score (nSPS) is 11.0. The minimum absolute atomic E-state index is 0.0461. The largest absolute Gasteiger partial charge is 0.497 e. The smallest absolute Gasteiger partial charge is 0.262 e. The Morgan fingerprint density at radius 3 is 2.18 bits per heavy atom. The van der Waals surface area contributed by atoms with Crippen LogP contribution >= 0.6 is 0 Å². The van der Waals surface area contributed by atoms with Gasteiger partial charge in [-0.1, -0.05) is 22.5 Å². The SMILES string of the molecule is C#CCOc1ccc(S(=O)(=O)N(Cc2ccc(OC)cc2)N(O)C(C)=O)cc1. The molecule has 0 saturated heterocycles. The summed E-state index contributed by atoms with van der Waals surface area (Å²) < 4.78 is 36.9. The van der Waals surface area contributed by atoms with Crippen molar-refractivity contribution in [1.82, 2.24) is 9.59 Å². The number of benzene rings is 2. The van der Waals surface area contributed by atoms with Gasteiger partial charge in [-0.2, -0.15) is 0 Å². The second-order valence-corrected chi connectivity index (χ2v) is 7.45. The fraction of sp³-hybridized carbons (Fsp3) is 0.211. The maximum atomic E-state index is 13.0. The van der Waals surface area contributed by atoms with Gasteiger partial charge in [0.2, 0.25) is 0 Å². The molecule has 0 unspecified atom stereocenters. The van der Waals surface area contributed by atoms with Crippen molar-refractivity contribution >= 4 is 15.9 Å². The molecule has 0 saturated carbocycles. The first-order valence-corrected chi connectivity index (χ1v) is 9.55. The van der Waals surface area contributed by atoms with Crippen molar-refractivity contribution in [2.75, 3.05) is 13.7 Å². The van der Waals surface area contributed by atoms with E-state index in [1.807, 2.05) is 0 Å². The van der Waals surface area contributed by atoms with Crippen LogP contribution < -0.4 is 9.47 Å². The molecule has 9 heteroatoms. The van der Waals surface area contributed by atoms with Gasteiger partial charge < -0.3 is 9.47 Å². The number of terminal acetylenes is 1. The van der Waals surface area contributed by atoms with Crippen LogP contribution in [0.5, 0.6) is 11.5 Å². The molecule has 1 amide bonds. The number of hydrazine groups is 1. The highest BCUT2D eigenvalue weighted by Crippen LogP contribution is 2.23. The lowest BCUT2D eigenvalue weighted by molar-refractivity contribution is -0.211. The molecule has 2 aromatic carbocycles. The number of ether oxygens (including phenoxy) is 2. The summed E-state index contributed by atoms with van der Waals surface area (Å²) >= 11 is 0. The number of carbonyl (C=O) groups excluding carboxylic acids is 1. The predicted octanol–water partition coefficient (Wildman–Crippen LogP) is 2.05. The van der Waals surface area contributed by atoms with Gasteiger partial charge in [0, 0.05) is 6.92 Å². The van der Waals surface area contributed by atoms with Crippen molar-refractivity contribution in [3.05, 3.63) is 54.1 Å². The van der Waals surface area contributed by atoms with Crippen molar-refractivity contribution in [1.29, 1.82) is 0 Å². The van der Waals surface area contributed by atoms with E-state index in [0.717, 1.165) is 6.92 Å². The lowest BCUT2D eigenvalue weighted by atomic mass is 10.2. The van der Waals surface area contributed by atoms with E-state index in [9.17, 15) is 18.4 Å². The van der Waals surface area contributed by atoms with E-state index < -0.39 is 15.9 Å². The van der Waals surface area contributed by atoms with Crippen LogP contribution in [0.15, 0.2) is 53.4 Å². The molecule has 0 aliphatic rings. The van der Waals surface area contributed by atoms with Crippen molar-refractivity contribution in [3.63, 3.8) is 0 Å². The maximum absolute atomic E-state index is 13.0. The minimum atomic E-state index is -4.24. The van der Waals surface area contributed by atoms with Crippen LogP contribution in [0.4, 0.5) is 0 Å². The Bertz CT molecular complexity index is 949. The molecule has 0 atom stereocenters. The third kappa shape index (κ3) is 5.01. The molecule has 0 fully saturated rings. The number of nitrogens with zero attached hydrogens (tertiary/aromatic N) is 2. The molecule has 0 aliphatic carbocycles. The average Bonchev–Trinajstić information content (AvgIpc) is 2.70. The predicted molar refractivity (Wildman–Crippen MR) is 101 cm³/mol. The van der Waals surface area contributed by atoms with Crippen LogP contribution in [0.3, 0.4) is 0 Å². The zero-order valence-corrected chi connectivity index (χ0v) is 16.2. The van der Waals surface area contributed by atoms with Crippen molar-refractivity contribution in [3.8, 4) is 23.8 Å². The third-order valence-electron chi connectivity index (χ3n) is 3.69. The highest BCUT2D eigenvalue weighted by atomic mass is 32.2. The van der Waals surface area contributed by atoms with Crippen molar-refractivity contribution < 1.29 is 27.9 Å². The van der Waals surface area contributed by atoms with Gasteiger partial charge in [0.15, 0.2) is 0 Å². The molecule has 1 N–H and O–H groups in total. The van der Waals surface area contributed by atoms with E-state index in [4.69, 9.17) is 15.9 Å². The molecular formula is C19H20N2O6S. The molecular weight excluding hydrogens is 384 g/mol. The topological polar surface area (TPSA) is 96.4 Å². The van der Waals surface area contributed by atoms with Gasteiger partial charge >= 0.3 is 0 Å². The molecule has 2 aromatic rings. The second-order valence-electron chi connectivity index (χ2n) is 5.61. The highest BCUT2D eigenvalue weighted by Gasteiger charge is 2.31. The molecule has 0 radical (unpaired) electrons. The summed E-state index contributed by atoms with van der Waals surface area (Å²) in [7, 11) is -2.73. The zero-order valence-electron chi connectivity index (χ0n) is 15.4. The molecule has 0 aliphatic heterocycles. The second kappa shape index (κ2) is 9.23. The van der Waals surface area contributed by atoms with Crippen LogP contribution in [0.25, 0.3) is 0 Å². The summed E-state index contributed by atoms with van der Waals surface area (Å²) in [6.07, 6.45) is 5.12. The summed E-state index contributed by atoms with van der Waals surface area (Å²) in [5.74, 6) is 2.44. The number of methoxy groups -OCH3 is 1. The van der Waals surface area contributed by atoms with Gasteiger partial charge in [0.1, 0.15) is 18.1 Å². The van der Waals surface area contributed by atoms with E-state index in [1.54, 1.807) is 24.3 Å². The molecule has 0 aromatic heterocycles. The number of hydroxylamine groups is 1. The third-order valence-corrected chi connectivity index (χ3v) is 5.40. The Balaban J connectivity index is 2.35. The van der Waals surface area contributed by atoms with Crippen LogP contribution in [0, 0.1) is 12.3 Å². The number of hydrogen-bond acceptors (Lipinski definition) is 6. The highest BCUT2D eigenvalue weighted by molar-refractivity contribution is 7.89. The number of carbonyl (C=O) groups is 1. The summed E-state index contributed by atoms with van der Waals surface area (Å²) in [4.78, 5) is 11.5. The summed E-state index contributed by atoms with van der Waals surface area (Å²) in [5, 5.41) is 10.1. The Morgan fingerprint density at radius 1 is 1.11 bits per heavy atom. The maximum Gasteiger partial charge on any atom is 0.262 e. The molecule has 8 nitrogen and oxygen atoms in total. The first kappa shape index (κ1) is 21.2. The number of rotatable bonds is 8. The fourth-order valence-electron chi connectivity index (χ4n) is 2.25. The number of hydrogen-bond donors (Lipinski definition) is 1. The Hall–Kier alpha value is -3.06. The molecule has 0 spiro atoms. The summed E-state index contributed by atoms with van der Waals surface area (Å²) in [6.45, 7) is 0.829. The van der Waals surface area contributed by atoms with E-state index in [-0.39, 0.29) is 23.2 Å². The molecule has 28 heavy (non-hydrogen) atoms.